The lowest BCUT2D eigenvalue weighted by Crippen LogP contribution is -2.30. The number of rotatable bonds is 46. The van der Waals surface area contributed by atoms with E-state index in [1.165, 1.54) is 141 Å². The average molecular weight is 829 g/mol. The van der Waals surface area contributed by atoms with Crippen LogP contribution in [0.3, 0.4) is 0 Å². The van der Waals surface area contributed by atoms with Crippen molar-refractivity contribution < 1.29 is 28.6 Å². The van der Waals surface area contributed by atoms with Gasteiger partial charge in [0.1, 0.15) is 13.2 Å². The molecule has 0 aliphatic rings. The van der Waals surface area contributed by atoms with Gasteiger partial charge >= 0.3 is 17.9 Å². The Labute approximate surface area is 365 Å². The molecule has 0 saturated heterocycles. The third-order valence-corrected chi connectivity index (χ3v) is 11.1. The van der Waals surface area contributed by atoms with Crippen molar-refractivity contribution >= 4 is 17.9 Å². The Morgan fingerprint density at radius 2 is 0.610 bits per heavy atom. The highest BCUT2D eigenvalue weighted by Gasteiger charge is 2.19. The standard InChI is InChI=1S/C53H96O6/c1-4-7-10-13-16-19-22-24-26-27-28-30-31-34-37-40-43-46-52(55)58-49-50(48-57-51(54)45-42-39-36-33-21-18-15-12-9-6-3)59-53(56)47-44-41-38-35-32-29-25-23-20-17-14-11-8-5-2/h16,19,24,26,29,32,50H,4-15,17-18,20-23,25,27-28,30-31,33-49H2,1-3H3/b19-16-,26-24-,32-29-. The van der Waals surface area contributed by atoms with Crippen molar-refractivity contribution in [3.05, 3.63) is 36.5 Å². The van der Waals surface area contributed by atoms with Gasteiger partial charge in [-0.2, -0.15) is 0 Å². The molecule has 0 heterocycles. The monoisotopic (exact) mass is 829 g/mol. The third-order valence-electron chi connectivity index (χ3n) is 11.1. The van der Waals surface area contributed by atoms with Gasteiger partial charge in [0.05, 0.1) is 0 Å². The zero-order chi connectivity index (χ0) is 43.0. The smallest absolute Gasteiger partial charge is 0.306 e. The first kappa shape index (κ1) is 56.6. The van der Waals surface area contributed by atoms with Gasteiger partial charge in [-0.3, -0.25) is 14.4 Å². The molecule has 344 valence electrons. The molecule has 0 aromatic rings. The molecule has 0 rings (SSSR count). The minimum Gasteiger partial charge on any atom is -0.462 e. The van der Waals surface area contributed by atoms with E-state index in [9.17, 15) is 14.4 Å². The van der Waals surface area contributed by atoms with Crippen LogP contribution in [0.1, 0.15) is 265 Å². The lowest BCUT2D eigenvalue weighted by molar-refractivity contribution is -0.167. The number of hydrogen-bond donors (Lipinski definition) is 0. The number of unbranched alkanes of at least 4 members (excludes halogenated alkanes) is 29. The maximum Gasteiger partial charge on any atom is 0.306 e. The number of allylic oxidation sites excluding steroid dienone is 6. The van der Waals surface area contributed by atoms with Crippen LogP contribution < -0.4 is 0 Å². The fourth-order valence-electron chi connectivity index (χ4n) is 7.23. The minimum absolute atomic E-state index is 0.0783. The predicted octanol–water partition coefficient (Wildman–Crippen LogP) is 16.5. The molecular weight excluding hydrogens is 733 g/mol. The van der Waals surface area contributed by atoms with Crippen LogP contribution in [-0.2, 0) is 28.6 Å². The van der Waals surface area contributed by atoms with E-state index < -0.39 is 6.10 Å². The van der Waals surface area contributed by atoms with Gasteiger partial charge in [0.15, 0.2) is 6.10 Å². The summed E-state index contributed by atoms with van der Waals surface area (Å²) in [6, 6.07) is 0. The topological polar surface area (TPSA) is 78.9 Å². The first-order chi connectivity index (χ1) is 29.0. The second kappa shape index (κ2) is 48.3. The second-order valence-electron chi connectivity index (χ2n) is 17.1. The predicted molar refractivity (Wildman–Crippen MR) is 252 cm³/mol. The summed E-state index contributed by atoms with van der Waals surface area (Å²) < 4.78 is 16.8. The Morgan fingerprint density at radius 1 is 0.339 bits per heavy atom. The number of ether oxygens (including phenoxy) is 3. The summed E-state index contributed by atoms with van der Waals surface area (Å²) in [7, 11) is 0. The zero-order valence-electron chi connectivity index (χ0n) is 39.3. The van der Waals surface area contributed by atoms with Crippen LogP contribution in [0.4, 0.5) is 0 Å². The Kier molecular flexibility index (Phi) is 46.4. The zero-order valence-corrected chi connectivity index (χ0v) is 39.3. The Morgan fingerprint density at radius 3 is 1.00 bits per heavy atom. The minimum atomic E-state index is -0.778. The molecular formula is C53H96O6. The molecule has 0 radical (unpaired) electrons. The summed E-state index contributed by atoms with van der Waals surface area (Å²) in [5.41, 5.74) is 0. The van der Waals surface area contributed by atoms with Gasteiger partial charge < -0.3 is 14.2 Å². The molecule has 0 N–H and O–H groups in total. The Balaban J connectivity index is 4.35. The number of esters is 3. The van der Waals surface area contributed by atoms with E-state index >= 15 is 0 Å². The third kappa shape index (κ3) is 46.5. The van der Waals surface area contributed by atoms with Crippen molar-refractivity contribution in [1.29, 1.82) is 0 Å². The molecule has 59 heavy (non-hydrogen) atoms. The second-order valence-corrected chi connectivity index (χ2v) is 17.1. The molecule has 0 aromatic carbocycles. The lowest BCUT2D eigenvalue weighted by Gasteiger charge is -2.18. The van der Waals surface area contributed by atoms with Crippen molar-refractivity contribution in [2.24, 2.45) is 0 Å². The first-order valence-electron chi connectivity index (χ1n) is 25.5. The number of carbonyl (C=O) groups is 3. The summed E-state index contributed by atoms with van der Waals surface area (Å²) in [4.78, 5) is 37.9. The summed E-state index contributed by atoms with van der Waals surface area (Å²) in [6.45, 7) is 6.59. The highest BCUT2D eigenvalue weighted by molar-refractivity contribution is 5.71. The normalized spacial score (nSPS) is 12.3. The molecule has 0 aliphatic heterocycles. The van der Waals surface area contributed by atoms with Crippen LogP contribution in [-0.4, -0.2) is 37.2 Å². The maximum atomic E-state index is 12.8. The molecule has 0 bridgehead atoms. The van der Waals surface area contributed by atoms with Crippen LogP contribution in [0, 0.1) is 0 Å². The van der Waals surface area contributed by atoms with Gasteiger partial charge in [-0.05, 0) is 77.0 Å². The molecule has 1 unspecified atom stereocenters. The van der Waals surface area contributed by atoms with E-state index in [2.05, 4.69) is 57.2 Å². The van der Waals surface area contributed by atoms with Crippen molar-refractivity contribution in [1.82, 2.24) is 0 Å². The highest BCUT2D eigenvalue weighted by Crippen LogP contribution is 2.15. The molecule has 6 nitrogen and oxygen atoms in total. The number of hydrogen-bond acceptors (Lipinski definition) is 6. The summed E-state index contributed by atoms with van der Waals surface area (Å²) >= 11 is 0. The van der Waals surface area contributed by atoms with Crippen molar-refractivity contribution in [3.63, 3.8) is 0 Å². The van der Waals surface area contributed by atoms with Crippen LogP contribution in [0.15, 0.2) is 36.5 Å². The molecule has 0 saturated carbocycles. The van der Waals surface area contributed by atoms with Crippen molar-refractivity contribution in [2.75, 3.05) is 13.2 Å². The van der Waals surface area contributed by atoms with Gasteiger partial charge in [0.25, 0.3) is 0 Å². The van der Waals surface area contributed by atoms with E-state index in [0.29, 0.717) is 19.3 Å². The van der Waals surface area contributed by atoms with Gasteiger partial charge in [0, 0.05) is 19.3 Å². The van der Waals surface area contributed by atoms with Gasteiger partial charge in [-0.15, -0.1) is 0 Å². The molecule has 0 spiro atoms. The molecule has 0 amide bonds. The highest BCUT2D eigenvalue weighted by atomic mass is 16.6. The summed E-state index contributed by atoms with van der Waals surface area (Å²) in [5, 5.41) is 0. The van der Waals surface area contributed by atoms with Gasteiger partial charge in [-0.25, -0.2) is 0 Å². The van der Waals surface area contributed by atoms with Crippen LogP contribution in [0.5, 0.6) is 0 Å². The largest absolute Gasteiger partial charge is 0.462 e. The van der Waals surface area contributed by atoms with E-state index in [0.717, 1.165) is 83.5 Å². The van der Waals surface area contributed by atoms with E-state index in [1.54, 1.807) is 0 Å². The Bertz CT molecular complexity index is 1000. The van der Waals surface area contributed by atoms with Gasteiger partial charge in [-0.1, -0.05) is 205 Å². The van der Waals surface area contributed by atoms with Crippen molar-refractivity contribution in [3.8, 4) is 0 Å². The Hall–Kier alpha value is -2.37. The SMILES string of the molecule is CCCCC/C=C\C/C=C\CCCCCCCCCC(=O)OCC(COC(=O)CCCCCCCCCCCC)OC(=O)CCCCC/C=C\CCCCCCCCC. The molecule has 0 fully saturated rings. The number of carbonyl (C=O) groups excluding carboxylic acids is 3. The lowest BCUT2D eigenvalue weighted by atomic mass is 10.1. The van der Waals surface area contributed by atoms with E-state index in [4.69, 9.17) is 14.2 Å². The fraction of sp³-hybridized carbons (Fsp3) is 0.830. The van der Waals surface area contributed by atoms with Crippen LogP contribution >= 0.6 is 0 Å². The molecule has 1 atom stereocenters. The maximum absolute atomic E-state index is 12.8. The van der Waals surface area contributed by atoms with Crippen LogP contribution in [0.2, 0.25) is 0 Å². The summed E-state index contributed by atoms with van der Waals surface area (Å²) in [6.07, 6.45) is 55.5. The average Bonchev–Trinajstić information content (AvgIpc) is 3.23. The summed E-state index contributed by atoms with van der Waals surface area (Å²) in [5.74, 6) is -0.896. The molecule has 6 heteroatoms. The molecule has 0 aliphatic carbocycles. The van der Waals surface area contributed by atoms with Crippen molar-refractivity contribution in [2.45, 2.75) is 271 Å². The van der Waals surface area contributed by atoms with Gasteiger partial charge in [0.2, 0.25) is 0 Å². The molecule has 0 aromatic heterocycles. The quantitative estimate of drug-likeness (QED) is 0.0263. The first-order valence-corrected chi connectivity index (χ1v) is 25.5. The van der Waals surface area contributed by atoms with E-state index in [1.807, 2.05) is 0 Å². The fourth-order valence-corrected chi connectivity index (χ4v) is 7.23. The van der Waals surface area contributed by atoms with Crippen LogP contribution in [0.25, 0.3) is 0 Å². The van der Waals surface area contributed by atoms with E-state index in [-0.39, 0.29) is 31.1 Å².